The highest BCUT2D eigenvalue weighted by atomic mass is 16.6. The summed E-state index contributed by atoms with van der Waals surface area (Å²) in [5.41, 5.74) is -0.433. The van der Waals surface area contributed by atoms with Crippen molar-refractivity contribution in [2.75, 3.05) is 66.6 Å². The van der Waals surface area contributed by atoms with E-state index in [1.807, 2.05) is 20.8 Å². The van der Waals surface area contributed by atoms with Crippen LogP contribution >= 0.6 is 0 Å². The van der Waals surface area contributed by atoms with Crippen molar-refractivity contribution >= 4 is 6.09 Å². The van der Waals surface area contributed by atoms with Gasteiger partial charge in [-0.3, -0.25) is 9.80 Å². The number of ether oxygens (including phenoxy) is 3. The average molecular weight is 385 g/mol. The first-order chi connectivity index (χ1) is 12.7. The molecule has 0 radical (unpaired) electrons. The van der Waals surface area contributed by atoms with Gasteiger partial charge in [0.25, 0.3) is 0 Å². The van der Waals surface area contributed by atoms with Crippen molar-refractivity contribution in [3.63, 3.8) is 0 Å². The van der Waals surface area contributed by atoms with Crippen LogP contribution in [0.4, 0.5) is 4.79 Å². The van der Waals surface area contributed by atoms with Gasteiger partial charge in [-0.2, -0.15) is 0 Å². The van der Waals surface area contributed by atoms with E-state index < -0.39 is 5.60 Å². The Morgan fingerprint density at radius 2 is 1.59 bits per heavy atom. The number of amides is 1. The molecule has 8 heteroatoms. The number of nitrogens with one attached hydrogen (secondary N) is 1. The first-order valence-electron chi connectivity index (χ1n) is 10.1. The third-order valence-electron chi connectivity index (χ3n) is 5.70. The van der Waals surface area contributed by atoms with E-state index in [4.69, 9.17) is 14.2 Å². The molecule has 27 heavy (non-hydrogen) atoms. The topological polar surface area (TPSA) is 66.5 Å². The van der Waals surface area contributed by atoms with Gasteiger partial charge >= 0.3 is 6.09 Å². The van der Waals surface area contributed by atoms with E-state index in [0.29, 0.717) is 31.3 Å². The average Bonchev–Trinajstić information content (AvgIpc) is 3.22. The number of carbonyl (C=O) groups excluding carboxylic acids is 1. The number of likely N-dealkylation sites (N-methyl/N-ethyl adjacent to an activating group) is 2. The lowest BCUT2D eigenvalue weighted by molar-refractivity contribution is -0.0372. The third kappa shape index (κ3) is 5.32. The molecule has 0 aromatic heterocycles. The van der Waals surface area contributed by atoms with Crippen LogP contribution in [0.5, 0.6) is 0 Å². The fraction of sp³-hybridized carbons (Fsp3) is 0.947. The van der Waals surface area contributed by atoms with Gasteiger partial charge in [-0.05, 0) is 34.9 Å². The second-order valence-corrected chi connectivity index (χ2v) is 8.96. The van der Waals surface area contributed by atoms with Crippen molar-refractivity contribution in [2.45, 2.75) is 50.7 Å². The second kappa shape index (κ2) is 8.61. The van der Waals surface area contributed by atoms with Crippen LogP contribution < -0.4 is 5.32 Å². The van der Waals surface area contributed by atoms with Gasteiger partial charge in [0, 0.05) is 38.8 Å². The van der Waals surface area contributed by atoms with Crippen LogP contribution in [0.2, 0.25) is 0 Å². The van der Waals surface area contributed by atoms with E-state index in [0.717, 1.165) is 39.4 Å². The maximum atomic E-state index is 11.9. The molecule has 156 valence electrons. The van der Waals surface area contributed by atoms with Gasteiger partial charge in [0.1, 0.15) is 5.60 Å². The summed E-state index contributed by atoms with van der Waals surface area (Å²) in [5.74, 6) is 0. The van der Waals surface area contributed by atoms with Crippen molar-refractivity contribution in [1.82, 2.24) is 20.0 Å². The lowest BCUT2D eigenvalue weighted by Crippen LogP contribution is -2.48. The Morgan fingerprint density at radius 3 is 2.19 bits per heavy atom. The number of carbonyl (C=O) groups is 1. The highest BCUT2D eigenvalue weighted by Gasteiger charge is 2.41. The lowest BCUT2D eigenvalue weighted by atomic mass is 10.1. The molecule has 4 aliphatic heterocycles. The van der Waals surface area contributed by atoms with Gasteiger partial charge in [-0.15, -0.1) is 0 Å². The van der Waals surface area contributed by atoms with E-state index in [-0.39, 0.29) is 12.2 Å². The molecule has 1 amide bonds. The maximum Gasteiger partial charge on any atom is 0.410 e. The SMILES string of the molecule is CN1CCOC2CN(C(=O)OC(C)(C)C)CC21.CN1CCOC2CNCC21. The molecule has 4 rings (SSSR count). The molecule has 0 bridgehead atoms. The summed E-state index contributed by atoms with van der Waals surface area (Å²) in [6, 6.07) is 0.949. The summed E-state index contributed by atoms with van der Waals surface area (Å²) in [6.07, 6.45) is 0.365. The van der Waals surface area contributed by atoms with Gasteiger partial charge < -0.3 is 24.4 Å². The minimum Gasteiger partial charge on any atom is -0.444 e. The van der Waals surface area contributed by atoms with Gasteiger partial charge in [0.05, 0.1) is 38.0 Å². The number of hydrogen-bond acceptors (Lipinski definition) is 7. The first kappa shape index (κ1) is 20.8. The smallest absolute Gasteiger partial charge is 0.410 e. The molecule has 4 aliphatic rings. The third-order valence-corrected chi connectivity index (χ3v) is 5.70. The van der Waals surface area contributed by atoms with Crippen molar-refractivity contribution in [2.24, 2.45) is 0 Å². The molecule has 8 nitrogen and oxygen atoms in total. The zero-order valence-corrected chi connectivity index (χ0v) is 17.4. The van der Waals surface area contributed by atoms with Crippen LogP contribution in [0.15, 0.2) is 0 Å². The predicted molar refractivity (Wildman–Crippen MR) is 103 cm³/mol. The maximum absolute atomic E-state index is 11.9. The molecule has 0 spiro atoms. The van der Waals surface area contributed by atoms with Crippen molar-refractivity contribution < 1.29 is 19.0 Å². The summed E-state index contributed by atoms with van der Waals surface area (Å²) in [4.78, 5) is 18.3. The van der Waals surface area contributed by atoms with E-state index in [2.05, 4.69) is 29.2 Å². The molecular weight excluding hydrogens is 348 g/mol. The molecule has 0 aromatic carbocycles. The zero-order chi connectivity index (χ0) is 19.6. The normalized spacial score (nSPS) is 34.5. The summed E-state index contributed by atoms with van der Waals surface area (Å²) in [7, 11) is 4.26. The molecule has 0 saturated carbocycles. The number of likely N-dealkylation sites (tertiary alicyclic amines) is 1. The van der Waals surface area contributed by atoms with Crippen LogP contribution in [0, 0.1) is 0 Å². The van der Waals surface area contributed by atoms with E-state index in [1.165, 1.54) is 0 Å². The number of nitrogens with zero attached hydrogens (tertiary/aromatic N) is 3. The molecule has 0 aliphatic carbocycles. The number of rotatable bonds is 0. The Morgan fingerprint density at radius 1 is 0.963 bits per heavy atom. The number of hydrogen-bond donors (Lipinski definition) is 1. The Balaban J connectivity index is 0.000000177. The van der Waals surface area contributed by atoms with Crippen molar-refractivity contribution in [3.05, 3.63) is 0 Å². The van der Waals surface area contributed by atoms with Crippen LogP contribution in [0.1, 0.15) is 20.8 Å². The van der Waals surface area contributed by atoms with Crippen LogP contribution in [-0.2, 0) is 14.2 Å². The predicted octanol–water partition coefficient (Wildman–Crippen LogP) is 0.225. The highest BCUT2D eigenvalue weighted by Crippen LogP contribution is 2.23. The Bertz CT molecular complexity index is 512. The fourth-order valence-corrected chi connectivity index (χ4v) is 4.10. The summed E-state index contributed by atoms with van der Waals surface area (Å²) in [5, 5.41) is 3.33. The summed E-state index contributed by atoms with van der Waals surface area (Å²) >= 11 is 0. The van der Waals surface area contributed by atoms with Crippen molar-refractivity contribution in [1.29, 1.82) is 0 Å². The Kier molecular flexibility index (Phi) is 6.63. The zero-order valence-electron chi connectivity index (χ0n) is 17.4. The minimum atomic E-state index is -0.433. The lowest BCUT2D eigenvalue weighted by Gasteiger charge is -2.33. The van der Waals surface area contributed by atoms with Gasteiger partial charge in [-0.1, -0.05) is 0 Å². The molecule has 0 aromatic rings. The molecule has 4 heterocycles. The molecule has 4 saturated heterocycles. The molecule has 4 fully saturated rings. The van der Waals surface area contributed by atoms with E-state index >= 15 is 0 Å². The Hall–Kier alpha value is -0.930. The number of fused-ring (bicyclic) bond motifs is 2. The van der Waals surface area contributed by atoms with Gasteiger partial charge in [-0.25, -0.2) is 4.79 Å². The van der Waals surface area contributed by atoms with Gasteiger partial charge in [0.15, 0.2) is 0 Å². The quantitative estimate of drug-likeness (QED) is 0.641. The van der Waals surface area contributed by atoms with Crippen LogP contribution in [0.3, 0.4) is 0 Å². The number of morpholine rings is 2. The van der Waals surface area contributed by atoms with Crippen LogP contribution in [0.25, 0.3) is 0 Å². The monoisotopic (exact) mass is 384 g/mol. The van der Waals surface area contributed by atoms with Gasteiger partial charge in [0.2, 0.25) is 0 Å². The standard InChI is InChI=1S/C12H22N2O3.C7H14N2O/c1-12(2,3)17-11(15)14-7-9-10(8-14)16-6-5-13(9)4;1-9-2-3-10-7-5-8-4-6(7)9/h9-10H,5-8H2,1-4H3;6-8H,2-5H2,1H3. The highest BCUT2D eigenvalue weighted by molar-refractivity contribution is 5.68. The first-order valence-corrected chi connectivity index (χ1v) is 10.1. The molecular formula is C19H36N4O4. The molecule has 1 N–H and O–H groups in total. The molecule has 4 unspecified atom stereocenters. The fourth-order valence-electron chi connectivity index (χ4n) is 4.10. The Labute approximate surface area is 163 Å². The summed E-state index contributed by atoms with van der Waals surface area (Å²) in [6.45, 7) is 12.8. The van der Waals surface area contributed by atoms with Crippen LogP contribution in [-0.4, -0.2) is 117 Å². The molecule has 4 atom stereocenters. The van der Waals surface area contributed by atoms with Crippen molar-refractivity contribution in [3.8, 4) is 0 Å². The minimum absolute atomic E-state index is 0.140. The van der Waals surface area contributed by atoms with E-state index in [1.54, 1.807) is 4.90 Å². The van der Waals surface area contributed by atoms with E-state index in [9.17, 15) is 4.79 Å². The summed E-state index contributed by atoms with van der Waals surface area (Å²) < 4.78 is 16.6. The largest absolute Gasteiger partial charge is 0.444 e. The second-order valence-electron chi connectivity index (χ2n) is 8.96.